The maximum absolute atomic E-state index is 10.9. The number of para-hydroxylation sites is 2. The van der Waals surface area contributed by atoms with E-state index < -0.39 is 5.24 Å². The summed E-state index contributed by atoms with van der Waals surface area (Å²) >= 11 is 4.71. The first-order valence-corrected chi connectivity index (χ1v) is 25.9. The first-order valence-electron chi connectivity index (χ1n) is 25.5. The van der Waals surface area contributed by atoms with Crippen LogP contribution in [0, 0.1) is 0 Å². The maximum atomic E-state index is 10.9. The van der Waals surface area contributed by atoms with E-state index >= 15 is 0 Å². The van der Waals surface area contributed by atoms with Gasteiger partial charge in [0.05, 0.1) is 19.8 Å². The van der Waals surface area contributed by atoms with Gasteiger partial charge in [-0.25, -0.2) is 4.79 Å². The molecule has 6 aromatic rings. The number of unbranched alkanes of at least 4 members (excludes halogenated alkanes) is 18. The summed E-state index contributed by atoms with van der Waals surface area (Å²) in [6.45, 7) is 8.91. The third kappa shape index (κ3) is 21.3. The zero-order valence-corrected chi connectivity index (χ0v) is 42.4. The summed E-state index contributed by atoms with van der Waals surface area (Å²) in [5.74, 6) is 1.59. The van der Waals surface area contributed by atoms with Gasteiger partial charge in [-0.2, -0.15) is 0 Å². The lowest BCUT2D eigenvalue weighted by molar-refractivity contribution is -0.137. The Kier molecular flexibility index (Phi) is 27.5. The van der Waals surface area contributed by atoms with Crippen molar-refractivity contribution in [1.82, 2.24) is 9.13 Å². The van der Waals surface area contributed by atoms with Gasteiger partial charge >= 0.3 is 5.97 Å². The predicted molar refractivity (Wildman–Crippen MR) is 289 cm³/mol. The third-order valence-electron chi connectivity index (χ3n) is 12.4. The van der Waals surface area contributed by atoms with Crippen molar-refractivity contribution in [3.8, 4) is 34.0 Å². The monoisotopic (exact) mass is 959 g/mol. The van der Waals surface area contributed by atoms with E-state index in [1.165, 1.54) is 147 Å². The van der Waals surface area contributed by atoms with Gasteiger partial charge in [0, 0.05) is 60.0 Å². The lowest BCUT2D eigenvalue weighted by Crippen LogP contribution is -2.01. The van der Waals surface area contributed by atoms with Crippen molar-refractivity contribution in [2.45, 2.75) is 128 Å². The molecule has 8 nitrogen and oxygen atoms in total. The Bertz CT molecular complexity index is 2360. The van der Waals surface area contributed by atoms with Gasteiger partial charge in [0.2, 0.25) is 5.24 Å². The molecule has 0 spiro atoms. The second-order valence-electron chi connectivity index (χ2n) is 17.7. The largest absolute Gasteiger partial charge is 0.494 e. The van der Waals surface area contributed by atoms with Crippen molar-refractivity contribution in [3.05, 3.63) is 135 Å². The Morgan fingerprint density at radius 3 is 1.16 bits per heavy atom. The first-order chi connectivity index (χ1) is 33.7. The summed E-state index contributed by atoms with van der Waals surface area (Å²) in [5, 5.41) is 10.8. The normalized spacial score (nSPS) is 10.8. The first kappa shape index (κ1) is 56.0. The molecule has 69 heavy (non-hydrogen) atoms. The van der Waals surface area contributed by atoms with Crippen molar-refractivity contribution in [2.24, 2.45) is 14.1 Å². The van der Waals surface area contributed by atoms with E-state index in [9.17, 15) is 9.59 Å². The molecule has 0 unspecified atom stereocenters. The number of aliphatic hydroxyl groups excluding tert-OH is 1. The van der Waals surface area contributed by atoms with E-state index in [4.69, 9.17) is 30.9 Å². The standard InChI is InChI=1S/C30H39NO3.C27H37NO2.C3H3ClO/c1-3-30(32)34-23-15-11-9-7-5-4-6-8-10-14-22-33-27-20-18-25(19-21-27)29-24-26-16-12-13-17-28(26)31(29)2;1-28-26-15-11-10-14-24(26)22-27(28)23-16-18-25(19-17-23)30-21-13-9-7-5-3-2-4-6-8-12-20-29;1-2-3(4)5/h3,12-13,16-21,24H,1,4-11,14-15,22-23H2,2H3;10-11,14-19,22,29H,2-9,12-13,20-21H2,1H3;2H,1H2. The molecule has 6 rings (SSSR count). The highest BCUT2D eigenvalue weighted by molar-refractivity contribution is 6.66. The minimum Gasteiger partial charge on any atom is -0.494 e. The van der Waals surface area contributed by atoms with Gasteiger partial charge in [0.1, 0.15) is 11.5 Å². The van der Waals surface area contributed by atoms with Crippen LogP contribution in [0.1, 0.15) is 128 Å². The van der Waals surface area contributed by atoms with Crippen LogP contribution in [0.4, 0.5) is 0 Å². The lowest BCUT2D eigenvalue weighted by atomic mass is 10.1. The van der Waals surface area contributed by atoms with Gasteiger partial charge < -0.3 is 28.5 Å². The predicted octanol–water partition coefficient (Wildman–Crippen LogP) is 15.9. The number of aryl methyl sites for hydroxylation is 2. The highest BCUT2D eigenvalue weighted by atomic mass is 35.5. The zero-order valence-electron chi connectivity index (χ0n) is 41.7. The highest BCUT2D eigenvalue weighted by Crippen LogP contribution is 2.30. The average Bonchev–Trinajstić information content (AvgIpc) is 3.90. The number of fused-ring (bicyclic) bond motifs is 2. The molecule has 0 saturated heterocycles. The Labute approximate surface area is 418 Å². The molecule has 0 amide bonds. The molecule has 2 aromatic heterocycles. The topological polar surface area (TPSA) is 91.9 Å². The van der Waals surface area contributed by atoms with Crippen molar-refractivity contribution in [2.75, 3.05) is 26.4 Å². The molecule has 0 atom stereocenters. The molecule has 0 bridgehead atoms. The van der Waals surface area contributed by atoms with Gasteiger partial charge in [-0.3, -0.25) is 4.79 Å². The molecule has 1 N–H and O–H groups in total. The number of rotatable bonds is 31. The van der Waals surface area contributed by atoms with Crippen LogP contribution in [0.15, 0.2) is 135 Å². The van der Waals surface area contributed by atoms with Gasteiger partial charge in [-0.1, -0.05) is 152 Å². The van der Waals surface area contributed by atoms with E-state index in [0.717, 1.165) is 62.9 Å². The van der Waals surface area contributed by atoms with Crippen molar-refractivity contribution >= 4 is 44.6 Å². The molecular formula is C60H79ClN2O6. The molecule has 0 radical (unpaired) electrons. The van der Waals surface area contributed by atoms with Crippen LogP contribution in [0.2, 0.25) is 0 Å². The number of allylic oxidation sites excluding steroid dienone is 1. The third-order valence-corrected chi connectivity index (χ3v) is 12.6. The number of halogens is 1. The fraction of sp³-hybridized carbons (Fsp3) is 0.433. The SMILES string of the molecule is C=CC(=O)Cl.C=CC(=O)OCCCCCCCCCCCCOc1ccc(-c2cc3ccccc3n2C)cc1.Cn1c(-c2ccc(OCCCCCCCCCCCCO)cc2)cc2ccccc21. The van der Waals surface area contributed by atoms with Crippen LogP contribution in [0.5, 0.6) is 11.5 Å². The minimum absolute atomic E-state index is 0.319. The van der Waals surface area contributed by atoms with Crippen molar-refractivity contribution < 1.29 is 28.9 Å². The van der Waals surface area contributed by atoms with Gasteiger partial charge in [-0.15, -0.1) is 0 Å². The molecule has 2 heterocycles. The van der Waals surface area contributed by atoms with Crippen LogP contribution in [-0.2, 0) is 28.4 Å². The number of benzene rings is 4. The number of ether oxygens (including phenoxy) is 3. The molecular weight excluding hydrogens is 880 g/mol. The Morgan fingerprint density at radius 2 is 0.826 bits per heavy atom. The smallest absolute Gasteiger partial charge is 0.330 e. The van der Waals surface area contributed by atoms with Crippen LogP contribution in [0.25, 0.3) is 44.3 Å². The summed E-state index contributed by atoms with van der Waals surface area (Å²) in [5.41, 5.74) is 7.40. The second kappa shape index (κ2) is 33.8. The summed E-state index contributed by atoms with van der Waals surface area (Å²) in [4.78, 5) is 20.4. The lowest BCUT2D eigenvalue weighted by Gasteiger charge is -2.08. The average molecular weight is 960 g/mol. The number of aliphatic hydroxyl groups is 1. The van der Waals surface area contributed by atoms with Crippen LogP contribution < -0.4 is 9.47 Å². The maximum Gasteiger partial charge on any atom is 0.330 e. The number of aromatic nitrogens is 2. The Balaban J connectivity index is 0.000000275. The van der Waals surface area contributed by atoms with E-state index in [-0.39, 0.29) is 5.97 Å². The van der Waals surface area contributed by atoms with E-state index in [1.807, 2.05) is 0 Å². The number of hydrogen-bond acceptors (Lipinski definition) is 6. The zero-order chi connectivity index (χ0) is 49.3. The fourth-order valence-electron chi connectivity index (χ4n) is 8.43. The summed E-state index contributed by atoms with van der Waals surface area (Å²) < 4.78 is 21.4. The van der Waals surface area contributed by atoms with E-state index in [2.05, 4.69) is 146 Å². The van der Waals surface area contributed by atoms with Crippen molar-refractivity contribution in [3.63, 3.8) is 0 Å². The number of carbonyl (C=O) groups excluding carboxylic acids is 2. The van der Waals surface area contributed by atoms with Crippen LogP contribution in [-0.4, -0.2) is 51.9 Å². The summed E-state index contributed by atoms with van der Waals surface area (Å²) in [6.07, 6.45) is 26.8. The second-order valence-corrected chi connectivity index (χ2v) is 18.1. The molecule has 4 aromatic carbocycles. The number of carbonyl (C=O) groups is 2. The number of esters is 1. The molecule has 372 valence electrons. The molecule has 0 saturated carbocycles. The fourth-order valence-corrected chi connectivity index (χ4v) is 8.43. The van der Waals surface area contributed by atoms with E-state index in [0.29, 0.717) is 13.2 Å². The summed E-state index contributed by atoms with van der Waals surface area (Å²) in [7, 11) is 4.24. The van der Waals surface area contributed by atoms with Gasteiger partial charge in [-0.05, 0) is 127 Å². The van der Waals surface area contributed by atoms with Gasteiger partial charge in [0.25, 0.3) is 0 Å². The number of hydrogen-bond donors (Lipinski definition) is 1. The van der Waals surface area contributed by atoms with Gasteiger partial charge in [0.15, 0.2) is 0 Å². The Morgan fingerprint density at radius 1 is 0.493 bits per heavy atom. The summed E-state index contributed by atoms with van der Waals surface area (Å²) in [6, 6.07) is 38.4. The minimum atomic E-state index is -0.509. The molecule has 0 aliphatic carbocycles. The van der Waals surface area contributed by atoms with Crippen LogP contribution in [0.3, 0.4) is 0 Å². The number of nitrogens with zero attached hydrogens (tertiary/aromatic N) is 2. The molecule has 0 aliphatic heterocycles. The van der Waals surface area contributed by atoms with Crippen LogP contribution >= 0.6 is 11.6 Å². The quantitative estimate of drug-likeness (QED) is 0.0202. The van der Waals surface area contributed by atoms with E-state index in [1.54, 1.807) is 0 Å². The highest BCUT2D eigenvalue weighted by Gasteiger charge is 2.09. The molecule has 0 aliphatic rings. The van der Waals surface area contributed by atoms with Crippen molar-refractivity contribution in [1.29, 1.82) is 0 Å². The Hall–Kier alpha value is -5.57. The molecule has 9 heteroatoms. The molecule has 0 fully saturated rings.